The van der Waals surface area contributed by atoms with Gasteiger partial charge in [0.1, 0.15) is 0 Å². The molecule has 0 bridgehead atoms. The zero-order chi connectivity index (χ0) is 45.8. The second-order valence-electron chi connectivity index (χ2n) is 18.9. The number of imidazole rings is 2. The van der Waals surface area contributed by atoms with Crippen molar-refractivity contribution in [2.45, 2.75) is 19.3 Å². The van der Waals surface area contributed by atoms with E-state index in [1.165, 1.54) is 55.2 Å². The maximum Gasteiger partial charge on any atom is 0.220 e. The molecule has 3 aromatic heterocycles. The van der Waals surface area contributed by atoms with Crippen LogP contribution in [-0.4, -0.2) is 18.5 Å². The zero-order valence-electron chi connectivity index (χ0n) is 38.3. The van der Waals surface area contributed by atoms with E-state index in [1.807, 2.05) is 0 Å². The van der Waals surface area contributed by atoms with Gasteiger partial charge >= 0.3 is 0 Å². The van der Waals surface area contributed by atoms with Gasteiger partial charge in [-0.3, -0.25) is 8.97 Å². The van der Waals surface area contributed by atoms with Crippen LogP contribution >= 0.6 is 0 Å². The average molecular weight is 884 g/mol. The molecular weight excluding hydrogens is 839 g/mol. The molecule has 0 aliphatic heterocycles. The van der Waals surface area contributed by atoms with E-state index in [1.54, 1.807) is 0 Å². The molecule has 0 unspecified atom stereocenters. The Hall–Kier alpha value is -8.93. The standard InChI is InChI=1S/C64H45N5/c1-64(2)55-20-10-9-19-51(55)53-40-54-52-38-37-50(39-61(52)67(62(54)41-56(53)64)46-17-7-4-8-18-46)66(47-31-25-43(26-32-47)42-15-5-3-6-16-42)48-33-27-44(28-34-48)45-29-35-49(36-30-45)68-59-23-13-14-24-60(59)69-58-22-12-11-21-57(58)65-63(68)69/h3-41H,1-2H3. The smallest absolute Gasteiger partial charge is 0.220 e. The number of anilines is 3. The van der Waals surface area contributed by atoms with Crippen molar-refractivity contribution in [2.24, 2.45) is 0 Å². The number of para-hydroxylation sites is 5. The minimum atomic E-state index is -0.111. The Balaban J connectivity index is 0.891. The highest BCUT2D eigenvalue weighted by Gasteiger charge is 2.36. The van der Waals surface area contributed by atoms with Crippen LogP contribution in [0.4, 0.5) is 17.1 Å². The minimum Gasteiger partial charge on any atom is -0.310 e. The fraction of sp³-hybridized carbons (Fsp3) is 0.0469. The molecule has 1 aliphatic carbocycles. The number of hydrogen-bond donors (Lipinski definition) is 0. The SMILES string of the molecule is CC1(C)c2ccccc2-c2cc3c4ccc(N(c5ccc(-c6ccccc6)cc5)c5ccc(-c6ccc(-n7c8ccccc8n8c9ccccc9nc78)cc6)cc5)cc4n(-c4ccccc4)c3cc21. The van der Waals surface area contributed by atoms with Gasteiger partial charge in [0.05, 0.1) is 33.1 Å². The number of hydrogen-bond acceptors (Lipinski definition) is 2. The quantitative estimate of drug-likeness (QED) is 0.160. The summed E-state index contributed by atoms with van der Waals surface area (Å²) in [6, 6.07) is 86.1. The van der Waals surface area contributed by atoms with E-state index in [9.17, 15) is 0 Å². The molecule has 69 heavy (non-hydrogen) atoms. The van der Waals surface area contributed by atoms with Crippen molar-refractivity contribution in [1.82, 2.24) is 18.5 Å². The molecule has 10 aromatic carbocycles. The molecule has 14 rings (SSSR count). The summed E-state index contributed by atoms with van der Waals surface area (Å²) in [5.74, 6) is 0.909. The average Bonchev–Trinajstić information content (AvgIpc) is 4.11. The highest BCUT2D eigenvalue weighted by atomic mass is 15.2. The van der Waals surface area contributed by atoms with E-state index >= 15 is 0 Å². The molecule has 0 fully saturated rings. The van der Waals surface area contributed by atoms with Crippen molar-refractivity contribution in [1.29, 1.82) is 0 Å². The molecular formula is C64H45N5. The number of rotatable bonds is 7. The summed E-state index contributed by atoms with van der Waals surface area (Å²) in [5.41, 5.74) is 22.2. The second-order valence-corrected chi connectivity index (χ2v) is 18.9. The van der Waals surface area contributed by atoms with Gasteiger partial charge in [0.15, 0.2) is 0 Å². The Labute approximate surface area is 400 Å². The van der Waals surface area contributed by atoms with Gasteiger partial charge in [-0.1, -0.05) is 153 Å². The Morgan fingerprint density at radius 2 is 0.899 bits per heavy atom. The first-order valence-electron chi connectivity index (χ1n) is 23.8. The van der Waals surface area contributed by atoms with Crippen molar-refractivity contribution in [2.75, 3.05) is 4.90 Å². The van der Waals surface area contributed by atoms with Crippen LogP contribution in [0.2, 0.25) is 0 Å². The van der Waals surface area contributed by atoms with Gasteiger partial charge in [-0.15, -0.1) is 0 Å². The highest BCUT2D eigenvalue weighted by Crippen LogP contribution is 2.51. The van der Waals surface area contributed by atoms with Crippen LogP contribution < -0.4 is 4.90 Å². The molecule has 5 heteroatoms. The lowest BCUT2D eigenvalue weighted by atomic mass is 9.82. The Morgan fingerprint density at radius 3 is 1.61 bits per heavy atom. The van der Waals surface area contributed by atoms with Gasteiger partial charge in [0.2, 0.25) is 5.78 Å². The topological polar surface area (TPSA) is 30.4 Å². The monoisotopic (exact) mass is 883 g/mol. The molecule has 3 heterocycles. The zero-order valence-corrected chi connectivity index (χ0v) is 38.3. The molecule has 326 valence electrons. The summed E-state index contributed by atoms with van der Waals surface area (Å²) in [4.78, 5) is 7.49. The molecule has 0 radical (unpaired) electrons. The second kappa shape index (κ2) is 15.0. The third kappa shape index (κ3) is 6.00. The van der Waals surface area contributed by atoms with Gasteiger partial charge in [-0.2, -0.15) is 0 Å². The van der Waals surface area contributed by atoms with Gasteiger partial charge in [0.25, 0.3) is 0 Å². The molecule has 0 N–H and O–H groups in total. The number of aromatic nitrogens is 4. The predicted octanol–water partition coefficient (Wildman–Crippen LogP) is 16.6. The van der Waals surface area contributed by atoms with Crippen molar-refractivity contribution in [3.63, 3.8) is 0 Å². The molecule has 5 nitrogen and oxygen atoms in total. The van der Waals surface area contributed by atoms with Crippen LogP contribution in [0.25, 0.3) is 94.4 Å². The third-order valence-corrected chi connectivity index (χ3v) is 14.6. The largest absolute Gasteiger partial charge is 0.310 e. The maximum atomic E-state index is 5.10. The van der Waals surface area contributed by atoms with Crippen molar-refractivity contribution in [3.05, 3.63) is 248 Å². The molecule has 13 aromatic rings. The fourth-order valence-corrected chi connectivity index (χ4v) is 11.3. The first-order valence-corrected chi connectivity index (χ1v) is 23.8. The fourth-order valence-electron chi connectivity index (χ4n) is 11.3. The summed E-state index contributed by atoms with van der Waals surface area (Å²) < 4.78 is 7.00. The lowest BCUT2D eigenvalue weighted by molar-refractivity contribution is 0.661. The van der Waals surface area contributed by atoms with Crippen LogP contribution in [0.3, 0.4) is 0 Å². The van der Waals surface area contributed by atoms with Crippen molar-refractivity contribution >= 4 is 66.7 Å². The molecule has 0 spiro atoms. The van der Waals surface area contributed by atoms with E-state index in [0.29, 0.717) is 0 Å². The van der Waals surface area contributed by atoms with Crippen LogP contribution in [0, 0.1) is 0 Å². The summed E-state index contributed by atoms with van der Waals surface area (Å²) >= 11 is 0. The van der Waals surface area contributed by atoms with Crippen LogP contribution in [-0.2, 0) is 5.41 Å². The Bertz CT molecular complexity index is 4120. The predicted molar refractivity (Wildman–Crippen MR) is 287 cm³/mol. The highest BCUT2D eigenvalue weighted by molar-refractivity contribution is 6.12. The summed E-state index contributed by atoms with van der Waals surface area (Å²) in [6.45, 7) is 4.73. The van der Waals surface area contributed by atoms with Gasteiger partial charge in [-0.25, -0.2) is 4.98 Å². The number of benzene rings is 10. The summed E-state index contributed by atoms with van der Waals surface area (Å²) in [7, 11) is 0. The molecule has 0 saturated carbocycles. The molecule has 0 amide bonds. The van der Waals surface area contributed by atoms with Gasteiger partial charge in [0, 0.05) is 44.6 Å². The first kappa shape index (κ1) is 39.3. The normalized spacial score (nSPS) is 12.9. The Kier molecular flexibility index (Phi) is 8.56. The van der Waals surface area contributed by atoms with E-state index < -0.39 is 0 Å². The third-order valence-electron chi connectivity index (χ3n) is 14.6. The van der Waals surface area contributed by atoms with Crippen LogP contribution in [0.5, 0.6) is 0 Å². The van der Waals surface area contributed by atoms with Gasteiger partial charge in [-0.05, 0) is 142 Å². The number of fused-ring (bicyclic) bond motifs is 11. The molecule has 0 atom stereocenters. The van der Waals surface area contributed by atoms with Crippen molar-refractivity contribution < 1.29 is 0 Å². The van der Waals surface area contributed by atoms with E-state index in [-0.39, 0.29) is 5.41 Å². The van der Waals surface area contributed by atoms with Crippen LogP contribution in [0.15, 0.2) is 237 Å². The van der Waals surface area contributed by atoms with E-state index in [0.717, 1.165) is 67.4 Å². The minimum absolute atomic E-state index is 0.111. The maximum absolute atomic E-state index is 5.10. The lowest BCUT2D eigenvalue weighted by Crippen LogP contribution is -2.14. The number of nitrogens with zero attached hydrogens (tertiary/aromatic N) is 5. The Morgan fingerprint density at radius 1 is 0.362 bits per heavy atom. The van der Waals surface area contributed by atoms with Crippen molar-refractivity contribution in [3.8, 4) is 44.8 Å². The molecule has 1 aliphatic rings. The van der Waals surface area contributed by atoms with Crippen LogP contribution in [0.1, 0.15) is 25.0 Å². The lowest BCUT2D eigenvalue weighted by Gasteiger charge is -2.26. The van der Waals surface area contributed by atoms with E-state index in [4.69, 9.17) is 4.98 Å². The summed E-state index contributed by atoms with van der Waals surface area (Å²) in [6.07, 6.45) is 0. The van der Waals surface area contributed by atoms with Gasteiger partial charge < -0.3 is 9.47 Å². The first-order chi connectivity index (χ1) is 34.0. The summed E-state index contributed by atoms with van der Waals surface area (Å²) in [5, 5.41) is 2.49. The van der Waals surface area contributed by atoms with E-state index in [2.05, 4.69) is 269 Å². The molecule has 0 saturated heterocycles.